The van der Waals surface area contributed by atoms with Gasteiger partial charge in [-0.25, -0.2) is 0 Å². The van der Waals surface area contributed by atoms with Gasteiger partial charge in [0.25, 0.3) is 0 Å². The molecule has 5 nitrogen and oxygen atoms in total. The molecular weight excluding hydrogens is 240 g/mol. The lowest BCUT2D eigenvalue weighted by molar-refractivity contribution is 0.364. The first-order valence-electron chi connectivity index (χ1n) is 6.79. The van der Waals surface area contributed by atoms with Gasteiger partial charge in [-0.15, -0.1) is 0 Å². The van der Waals surface area contributed by atoms with Crippen LogP contribution < -0.4 is 5.73 Å². The molecule has 2 aromatic heterocycles. The molecule has 0 radical (unpaired) electrons. The Kier molecular flexibility index (Phi) is 3.29. The van der Waals surface area contributed by atoms with Crippen molar-refractivity contribution in [2.45, 2.75) is 38.6 Å². The van der Waals surface area contributed by atoms with Crippen LogP contribution in [0.1, 0.15) is 31.2 Å². The van der Waals surface area contributed by atoms with Gasteiger partial charge >= 0.3 is 0 Å². The van der Waals surface area contributed by atoms with Gasteiger partial charge in [0.1, 0.15) is 0 Å². The Morgan fingerprint density at radius 2 is 2.32 bits per heavy atom. The first kappa shape index (κ1) is 12.3. The van der Waals surface area contributed by atoms with Crippen LogP contribution in [0.2, 0.25) is 0 Å². The van der Waals surface area contributed by atoms with Crippen LogP contribution in [-0.2, 0) is 12.8 Å². The van der Waals surface area contributed by atoms with E-state index in [1.165, 1.54) is 12.8 Å². The molecule has 1 aliphatic rings. The average Bonchev–Trinajstić information content (AvgIpc) is 3.20. The first-order valence-corrected chi connectivity index (χ1v) is 6.79. The highest BCUT2D eigenvalue weighted by molar-refractivity contribution is 5.58. The Balaban J connectivity index is 1.80. The molecule has 0 aromatic carbocycles. The van der Waals surface area contributed by atoms with E-state index in [1.54, 1.807) is 6.20 Å². The molecule has 1 unspecified atom stereocenters. The van der Waals surface area contributed by atoms with Gasteiger partial charge in [0.15, 0.2) is 0 Å². The molecule has 19 heavy (non-hydrogen) atoms. The summed E-state index contributed by atoms with van der Waals surface area (Å²) in [6.07, 6.45) is 7.62. The minimum atomic E-state index is 0.149. The fourth-order valence-electron chi connectivity index (χ4n) is 2.27. The van der Waals surface area contributed by atoms with Gasteiger partial charge in [-0.3, -0.25) is 4.98 Å². The van der Waals surface area contributed by atoms with Crippen molar-refractivity contribution in [3.05, 3.63) is 29.9 Å². The number of hydrogen-bond donors (Lipinski definition) is 1. The van der Waals surface area contributed by atoms with Crippen molar-refractivity contribution in [3.8, 4) is 11.4 Å². The van der Waals surface area contributed by atoms with Crippen LogP contribution in [0.4, 0.5) is 0 Å². The molecule has 3 rings (SSSR count). The Bertz CT molecular complexity index is 562. The molecule has 2 N–H and O–H groups in total. The van der Waals surface area contributed by atoms with Gasteiger partial charge in [-0.05, 0) is 36.8 Å². The van der Waals surface area contributed by atoms with E-state index >= 15 is 0 Å². The Labute approximate surface area is 112 Å². The molecule has 100 valence electrons. The lowest BCUT2D eigenvalue weighted by atomic mass is 10.1. The Morgan fingerprint density at radius 3 is 3.05 bits per heavy atom. The third kappa shape index (κ3) is 2.66. The topological polar surface area (TPSA) is 77.8 Å². The second kappa shape index (κ2) is 5.09. The second-order valence-corrected chi connectivity index (χ2v) is 5.10. The van der Waals surface area contributed by atoms with E-state index in [4.69, 9.17) is 10.3 Å². The largest absolute Gasteiger partial charge is 0.339 e. The fraction of sp³-hybridized carbons (Fsp3) is 0.500. The minimum Gasteiger partial charge on any atom is -0.339 e. The lowest BCUT2D eigenvalue weighted by Crippen LogP contribution is -2.25. The molecule has 2 heterocycles. The molecule has 1 atom stereocenters. The summed E-state index contributed by atoms with van der Waals surface area (Å²) in [6.45, 7) is 2.09. The number of nitrogens with zero attached hydrogens (tertiary/aromatic N) is 3. The molecule has 0 amide bonds. The number of aromatic nitrogens is 3. The van der Waals surface area contributed by atoms with Crippen LogP contribution in [0, 0.1) is 5.92 Å². The minimum absolute atomic E-state index is 0.149. The summed E-state index contributed by atoms with van der Waals surface area (Å²) in [7, 11) is 0. The van der Waals surface area contributed by atoms with Gasteiger partial charge in [0.2, 0.25) is 11.7 Å². The van der Waals surface area contributed by atoms with Crippen LogP contribution in [0.3, 0.4) is 0 Å². The molecule has 1 saturated carbocycles. The van der Waals surface area contributed by atoms with Gasteiger partial charge < -0.3 is 10.3 Å². The number of hydrogen-bond acceptors (Lipinski definition) is 5. The number of rotatable bonds is 5. The van der Waals surface area contributed by atoms with Crippen LogP contribution in [0.5, 0.6) is 0 Å². The van der Waals surface area contributed by atoms with Crippen molar-refractivity contribution in [1.29, 1.82) is 0 Å². The van der Waals surface area contributed by atoms with E-state index in [-0.39, 0.29) is 6.04 Å². The summed E-state index contributed by atoms with van der Waals surface area (Å²) in [5, 5.41) is 4.06. The maximum Gasteiger partial charge on any atom is 0.228 e. The molecule has 0 spiro atoms. The van der Waals surface area contributed by atoms with Crippen molar-refractivity contribution < 1.29 is 4.52 Å². The van der Waals surface area contributed by atoms with E-state index in [0.717, 1.165) is 17.5 Å². The average molecular weight is 258 g/mol. The summed E-state index contributed by atoms with van der Waals surface area (Å²) in [6, 6.07) is 2.07. The summed E-state index contributed by atoms with van der Waals surface area (Å²) in [5.74, 6) is 1.91. The molecule has 0 bridgehead atoms. The zero-order valence-corrected chi connectivity index (χ0v) is 11.0. The monoisotopic (exact) mass is 258 g/mol. The highest BCUT2D eigenvalue weighted by atomic mass is 16.5. The Hall–Kier alpha value is -1.75. The van der Waals surface area contributed by atoms with Gasteiger partial charge in [0.05, 0.1) is 0 Å². The molecule has 1 fully saturated rings. The smallest absolute Gasteiger partial charge is 0.228 e. The summed E-state index contributed by atoms with van der Waals surface area (Å²) < 4.78 is 5.31. The van der Waals surface area contributed by atoms with E-state index in [0.29, 0.717) is 24.1 Å². The molecular formula is C14H18N4O. The molecule has 5 heteroatoms. The van der Waals surface area contributed by atoms with Crippen molar-refractivity contribution in [2.24, 2.45) is 11.7 Å². The number of aryl methyl sites for hydroxylation is 1. The van der Waals surface area contributed by atoms with E-state index < -0.39 is 0 Å². The standard InChI is InChI=1S/C14H18N4O/c1-2-9-8-16-6-5-11(9)14-17-13(19-18-14)7-12(15)10-3-4-10/h5-6,8,10,12H,2-4,7,15H2,1H3. The van der Waals surface area contributed by atoms with Gasteiger partial charge in [0, 0.05) is 30.4 Å². The highest BCUT2D eigenvalue weighted by Crippen LogP contribution is 2.32. The van der Waals surface area contributed by atoms with Crippen molar-refractivity contribution in [2.75, 3.05) is 0 Å². The first-order chi connectivity index (χ1) is 9.28. The predicted molar refractivity (Wildman–Crippen MR) is 71.3 cm³/mol. The third-order valence-electron chi connectivity index (χ3n) is 3.63. The quantitative estimate of drug-likeness (QED) is 0.887. The predicted octanol–water partition coefficient (Wildman–Crippen LogP) is 1.97. The van der Waals surface area contributed by atoms with E-state index in [2.05, 4.69) is 22.0 Å². The maximum absolute atomic E-state index is 6.08. The van der Waals surface area contributed by atoms with E-state index in [9.17, 15) is 0 Å². The Morgan fingerprint density at radius 1 is 1.47 bits per heavy atom. The van der Waals surface area contributed by atoms with Crippen LogP contribution in [-0.4, -0.2) is 21.2 Å². The van der Waals surface area contributed by atoms with Gasteiger partial charge in [-0.1, -0.05) is 12.1 Å². The second-order valence-electron chi connectivity index (χ2n) is 5.10. The summed E-state index contributed by atoms with van der Waals surface area (Å²) >= 11 is 0. The van der Waals surface area contributed by atoms with Crippen LogP contribution >= 0.6 is 0 Å². The molecule has 2 aromatic rings. The molecule has 0 saturated heterocycles. The van der Waals surface area contributed by atoms with Crippen LogP contribution in [0.15, 0.2) is 23.0 Å². The highest BCUT2D eigenvalue weighted by Gasteiger charge is 2.29. The number of pyridine rings is 1. The molecule has 0 aliphatic heterocycles. The van der Waals surface area contributed by atoms with E-state index in [1.807, 2.05) is 12.3 Å². The summed E-state index contributed by atoms with van der Waals surface area (Å²) in [4.78, 5) is 8.58. The SMILES string of the molecule is CCc1cnccc1-c1noc(CC(N)C2CC2)n1. The molecule has 1 aliphatic carbocycles. The lowest BCUT2D eigenvalue weighted by Gasteiger charge is -2.05. The van der Waals surface area contributed by atoms with Crippen molar-refractivity contribution in [3.63, 3.8) is 0 Å². The zero-order chi connectivity index (χ0) is 13.2. The van der Waals surface area contributed by atoms with Crippen LogP contribution in [0.25, 0.3) is 11.4 Å². The van der Waals surface area contributed by atoms with Gasteiger partial charge in [-0.2, -0.15) is 4.98 Å². The van der Waals surface area contributed by atoms with Crippen molar-refractivity contribution in [1.82, 2.24) is 15.1 Å². The zero-order valence-electron chi connectivity index (χ0n) is 11.0. The maximum atomic E-state index is 6.08. The summed E-state index contributed by atoms with van der Waals surface area (Å²) in [5.41, 5.74) is 8.20. The third-order valence-corrected chi connectivity index (χ3v) is 3.63. The normalized spacial score (nSPS) is 16.5. The fourth-order valence-corrected chi connectivity index (χ4v) is 2.27. The van der Waals surface area contributed by atoms with Crippen molar-refractivity contribution >= 4 is 0 Å². The number of nitrogens with two attached hydrogens (primary N) is 1.